The van der Waals surface area contributed by atoms with Crippen molar-refractivity contribution in [2.45, 2.75) is 38.4 Å². The van der Waals surface area contributed by atoms with Crippen molar-refractivity contribution in [1.82, 2.24) is 0 Å². The van der Waals surface area contributed by atoms with E-state index in [1.54, 1.807) is 0 Å². The van der Waals surface area contributed by atoms with Crippen molar-refractivity contribution in [2.24, 2.45) is 0 Å². The highest BCUT2D eigenvalue weighted by Gasteiger charge is 2.20. The number of aliphatic hydroxyl groups excluding tert-OH is 2. The van der Waals surface area contributed by atoms with Gasteiger partial charge in [-0.25, -0.2) is 0 Å². The van der Waals surface area contributed by atoms with Crippen molar-refractivity contribution in [2.75, 3.05) is 6.61 Å². The molecule has 1 atom stereocenters. The number of carboxylic acid groups (broad SMARTS) is 1. The zero-order valence-electron chi connectivity index (χ0n) is 8.48. The van der Waals surface area contributed by atoms with Crippen LogP contribution in [0.25, 0.3) is 0 Å². The summed E-state index contributed by atoms with van der Waals surface area (Å²) in [6.07, 6.45) is 1.79. The molecule has 1 fully saturated rings. The molecule has 0 aromatic carbocycles. The topological polar surface area (TPSA) is 87.0 Å². The molecular formula is C10H16O5. The van der Waals surface area contributed by atoms with Gasteiger partial charge in [0.15, 0.2) is 0 Å². The quantitative estimate of drug-likeness (QED) is 0.429. The third-order valence-corrected chi connectivity index (χ3v) is 2.12. The number of carbonyl (C=O) groups is 1. The summed E-state index contributed by atoms with van der Waals surface area (Å²) >= 11 is 0. The molecule has 0 amide bonds. The van der Waals surface area contributed by atoms with Crippen LogP contribution in [-0.4, -0.2) is 34.2 Å². The average molecular weight is 216 g/mol. The lowest BCUT2D eigenvalue weighted by Crippen LogP contribution is -2.16. The maximum absolute atomic E-state index is 10.3. The number of rotatable bonds is 7. The Bertz CT molecular complexity index is 253. The number of hydrogen-bond donors (Lipinski definition) is 3. The van der Waals surface area contributed by atoms with Gasteiger partial charge >= 0.3 is 5.97 Å². The second-order valence-corrected chi connectivity index (χ2v) is 3.53. The van der Waals surface area contributed by atoms with Gasteiger partial charge in [-0.05, 0) is 24.8 Å². The van der Waals surface area contributed by atoms with Gasteiger partial charge in [0, 0.05) is 12.8 Å². The molecule has 1 rings (SSSR count). The van der Waals surface area contributed by atoms with E-state index in [1.807, 2.05) is 0 Å². The molecule has 86 valence electrons. The van der Waals surface area contributed by atoms with E-state index in [1.165, 1.54) is 0 Å². The van der Waals surface area contributed by atoms with Gasteiger partial charge in [-0.1, -0.05) is 0 Å². The zero-order valence-corrected chi connectivity index (χ0v) is 8.48. The maximum atomic E-state index is 10.3. The van der Waals surface area contributed by atoms with Gasteiger partial charge < -0.3 is 20.1 Å². The fourth-order valence-corrected chi connectivity index (χ4v) is 1.26. The molecule has 0 aromatic rings. The molecule has 1 saturated carbocycles. The summed E-state index contributed by atoms with van der Waals surface area (Å²) in [5.74, 6) is -0.185. The third kappa shape index (κ3) is 4.80. The van der Waals surface area contributed by atoms with Crippen molar-refractivity contribution in [3.8, 4) is 0 Å². The van der Waals surface area contributed by atoms with E-state index in [0.717, 1.165) is 18.4 Å². The van der Waals surface area contributed by atoms with Crippen LogP contribution in [0.3, 0.4) is 0 Å². The van der Waals surface area contributed by atoms with Crippen molar-refractivity contribution >= 4 is 5.97 Å². The average Bonchev–Trinajstić information content (AvgIpc) is 2.98. The van der Waals surface area contributed by atoms with Gasteiger partial charge in [-0.3, -0.25) is 4.79 Å². The number of aliphatic hydroxyl groups is 2. The molecule has 0 radical (unpaired) electrons. The Morgan fingerprint density at radius 3 is 2.53 bits per heavy atom. The third-order valence-electron chi connectivity index (χ3n) is 2.12. The lowest BCUT2D eigenvalue weighted by molar-refractivity contribution is -0.137. The molecule has 1 aliphatic rings. The highest BCUT2D eigenvalue weighted by atomic mass is 16.6. The number of aliphatic carboxylic acids is 1. The van der Waals surface area contributed by atoms with Crippen LogP contribution in [0.2, 0.25) is 0 Å². The van der Waals surface area contributed by atoms with Crippen LogP contribution in [0.5, 0.6) is 0 Å². The lowest BCUT2D eigenvalue weighted by Gasteiger charge is -2.13. The molecule has 0 aromatic heterocycles. The van der Waals surface area contributed by atoms with E-state index < -0.39 is 18.9 Å². The van der Waals surface area contributed by atoms with E-state index >= 15 is 0 Å². The molecule has 3 N–H and O–H groups in total. The standard InChI is InChI=1S/C10H16O5/c11-6-10(14)15-8(7-4-5-7)2-1-3-9(12)13/h10-11,14H,1-6H2,(H,12,13). The van der Waals surface area contributed by atoms with Crippen molar-refractivity contribution < 1.29 is 24.9 Å². The molecule has 0 aliphatic heterocycles. The predicted molar refractivity (Wildman–Crippen MR) is 51.9 cm³/mol. The summed E-state index contributed by atoms with van der Waals surface area (Å²) in [5, 5.41) is 26.2. The van der Waals surface area contributed by atoms with Gasteiger partial charge in [-0.15, -0.1) is 0 Å². The monoisotopic (exact) mass is 216 g/mol. The summed E-state index contributed by atoms with van der Waals surface area (Å²) in [6.45, 7) is -0.449. The zero-order chi connectivity index (χ0) is 11.3. The fraction of sp³-hybridized carbons (Fsp3) is 0.700. The first-order valence-corrected chi connectivity index (χ1v) is 5.01. The van der Waals surface area contributed by atoms with Gasteiger partial charge in [0.2, 0.25) is 6.29 Å². The summed E-state index contributed by atoms with van der Waals surface area (Å²) in [5.41, 5.74) is 1.12. The highest BCUT2D eigenvalue weighted by Crippen LogP contribution is 2.34. The minimum atomic E-state index is -1.20. The lowest BCUT2D eigenvalue weighted by atomic mass is 10.2. The molecule has 5 heteroatoms. The van der Waals surface area contributed by atoms with Crippen LogP contribution >= 0.6 is 0 Å². The number of carboxylic acids is 1. The highest BCUT2D eigenvalue weighted by molar-refractivity contribution is 5.66. The molecule has 5 nitrogen and oxygen atoms in total. The van der Waals surface area contributed by atoms with E-state index in [-0.39, 0.29) is 6.42 Å². The van der Waals surface area contributed by atoms with Crippen LogP contribution in [0.15, 0.2) is 11.3 Å². The molecule has 15 heavy (non-hydrogen) atoms. The van der Waals surface area contributed by atoms with E-state index in [0.29, 0.717) is 18.6 Å². The first kappa shape index (κ1) is 12.0. The number of ether oxygens (including phenoxy) is 1. The summed E-state index contributed by atoms with van der Waals surface area (Å²) in [6, 6.07) is 0. The van der Waals surface area contributed by atoms with E-state index in [4.69, 9.17) is 20.1 Å². The van der Waals surface area contributed by atoms with E-state index in [2.05, 4.69) is 0 Å². The Labute approximate surface area is 88.0 Å². The van der Waals surface area contributed by atoms with Crippen molar-refractivity contribution in [3.05, 3.63) is 11.3 Å². The van der Waals surface area contributed by atoms with Gasteiger partial charge in [-0.2, -0.15) is 0 Å². The maximum Gasteiger partial charge on any atom is 0.303 e. The molecule has 0 bridgehead atoms. The van der Waals surface area contributed by atoms with Crippen LogP contribution in [-0.2, 0) is 9.53 Å². The molecule has 0 spiro atoms. The number of allylic oxidation sites excluding steroid dienone is 2. The normalized spacial score (nSPS) is 16.0. The summed E-state index contributed by atoms with van der Waals surface area (Å²) in [7, 11) is 0. The molecule has 1 unspecified atom stereocenters. The largest absolute Gasteiger partial charge is 0.481 e. The van der Waals surface area contributed by atoms with Crippen LogP contribution in [0, 0.1) is 0 Å². The Hall–Kier alpha value is -1.07. The Kier molecular flexibility index (Phi) is 4.58. The van der Waals surface area contributed by atoms with Crippen molar-refractivity contribution in [1.29, 1.82) is 0 Å². The fourth-order valence-electron chi connectivity index (χ4n) is 1.26. The molecule has 1 aliphatic carbocycles. The van der Waals surface area contributed by atoms with Gasteiger partial charge in [0.1, 0.15) is 6.61 Å². The van der Waals surface area contributed by atoms with Crippen LogP contribution in [0.4, 0.5) is 0 Å². The smallest absolute Gasteiger partial charge is 0.303 e. The molecule has 0 heterocycles. The minimum Gasteiger partial charge on any atom is -0.481 e. The first-order valence-electron chi connectivity index (χ1n) is 5.01. The van der Waals surface area contributed by atoms with Crippen LogP contribution in [0.1, 0.15) is 32.1 Å². The van der Waals surface area contributed by atoms with Crippen LogP contribution < -0.4 is 0 Å². The minimum absolute atomic E-state index is 0.0926. The summed E-state index contributed by atoms with van der Waals surface area (Å²) in [4.78, 5) is 10.3. The molecular weight excluding hydrogens is 200 g/mol. The first-order chi connectivity index (χ1) is 7.13. The summed E-state index contributed by atoms with van der Waals surface area (Å²) < 4.78 is 5.10. The SMILES string of the molecule is O=C(O)CCCC(OC(O)CO)=C1CC1. The second kappa shape index (κ2) is 5.72. The van der Waals surface area contributed by atoms with Crippen molar-refractivity contribution in [3.63, 3.8) is 0 Å². The van der Waals surface area contributed by atoms with Gasteiger partial charge in [0.05, 0.1) is 5.76 Å². The predicted octanol–water partition coefficient (Wildman–Crippen LogP) is 0.616. The second-order valence-electron chi connectivity index (χ2n) is 3.53. The molecule has 0 saturated heterocycles. The van der Waals surface area contributed by atoms with E-state index in [9.17, 15) is 4.79 Å². The van der Waals surface area contributed by atoms with Gasteiger partial charge in [0.25, 0.3) is 0 Å². The Morgan fingerprint density at radius 1 is 1.40 bits per heavy atom. The Balaban J connectivity index is 2.33. The number of hydrogen-bond acceptors (Lipinski definition) is 4. The Morgan fingerprint density at radius 2 is 2.07 bits per heavy atom.